The Hall–Kier alpha value is -2.74. The molecule has 0 bridgehead atoms. The SMILES string of the molecule is Cc1cc(N2CCN(C)CC2)nc(N2CCN(C(=O)c3ccc(F)cc3)CC2)n1. The van der Waals surface area contributed by atoms with Crippen LogP contribution in [0, 0.1) is 12.7 Å². The van der Waals surface area contributed by atoms with Gasteiger partial charge in [-0.25, -0.2) is 9.37 Å². The molecule has 2 fully saturated rings. The van der Waals surface area contributed by atoms with E-state index in [9.17, 15) is 9.18 Å². The zero-order valence-corrected chi connectivity index (χ0v) is 17.0. The number of halogens is 1. The molecule has 3 heterocycles. The smallest absolute Gasteiger partial charge is 0.253 e. The lowest BCUT2D eigenvalue weighted by Crippen LogP contribution is -2.49. The van der Waals surface area contributed by atoms with Gasteiger partial charge in [-0.1, -0.05) is 0 Å². The maximum atomic E-state index is 13.1. The average molecular weight is 398 g/mol. The molecule has 1 aromatic carbocycles. The molecule has 154 valence electrons. The van der Waals surface area contributed by atoms with Gasteiger partial charge in [-0.3, -0.25) is 4.79 Å². The summed E-state index contributed by atoms with van der Waals surface area (Å²) in [6, 6.07) is 7.77. The maximum absolute atomic E-state index is 13.1. The number of carbonyl (C=O) groups excluding carboxylic acids is 1. The van der Waals surface area contributed by atoms with E-state index in [0.29, 0.717) is 31.7 Å². The van der Waals surface area contributed by atoms with Crippen molar-refractivity contribution in [1.82, 2.24) is 19.8 Å². The fourth-order valence-corrected chi connectivity index (χ4v) is 3.76. The average Bonchev–Trinajstić information content (AvgIpc) is 2.74. The van der Waals surface area contributed by atoms with Crippen molar-refractivity contribution < 1.29 is 9.18 Å². The van der Waals surface area contributed by atoms with Crippen LogP contribution < -0.4 is 9.80 Å². The molecule has 0 radical (unpaired) electrons. The Kier molecular flexibility index (Phi) is 5.62. The first-order chi connectivity index (χ1) is 14.0. The van der Waals surface area contributed by atoms with Crippen LogP contribution in [0.15, 0.2) is 30.3 Å². The number of anilines is 2. The van der Waals surface area contributed by atoms with E-state index < -0.39 is 0 Å². The minimum absolute atomic E-state index is 0.0621. The Morgan fingerprint density at radius 2 is 1.52 bits per heavy atom. The van der Waals surface area contributed by atoms with Crippen LogP contribution in [0.5, 0.6) is 0 Å². The molecule has 2 saturated heterocycles. The molecule has 0 N–H and O–H groups in total. The number of hydrogen-bond donors (Lipinski definition) is 0. The topological polar surface area (TPSA) is 55.8 Å². The van der Waals surface area contributed by atoms with Crippen LogP contribution in [0.3, 0.4) is 0 Å². The lowest BCUT2D eigenvalue weighted by molar-refractivity contribution is 0.0746. The second-order valence-corrected chi connectivity index (χ2v) is 7.74. The summed E-state index contributed by atoms with van der Waals surface area (Å²) in [5.41, 5.74) is 1.47. The standard InChI is InChI=1S/C21H27FN6O/c1-16-15-19(26-9-7-25(2)8-10-26)24-21(23-16)28-13-11-27(12-14-28)20(29)17-3-5-18(22)6-4-17/h3-6,15H,7-14H2,1-2H3. The van der Waals surface area contributed by atoms with E-state index in [1.54, 1.807) is 4.90 Å². The molecule has 2 aromatic rings. The molecule has 0 spiro atoms. The largest absolute Gasteiger partial charge is 0.354 e. The molecule has 0 unspecified atom stereocenters. The second-order valence-electron chi connectivity index (χ2n) is 7.74. The van der Waals surface area contributed by atoms with Crippen LogP contribution >= 0.6 is 0 Å². The summed E-state index contributed by atoms with van der Waals surface area (Å²) in [5.74, 6) is 1.31. The summed E-state index contributed by atoms with van der Waals surface area (Å²) >= 11 is 0. The van der Waals surface area contributed by atoms with Crippen LogP contribution in [0.1, 0.15) is 16.1 Å². The fraction of sp³-hybridized carbons (Fsp3) is 0.476. The highest BCUT2D eigenvalue weighted by Crippen LogP contribution is 2.20. The summed E-state index contributed by atoms with van der Waals surface area (Å²) in [7, 11) is 2.14. The molecule has 0 aliphatic carbocycles. The minimum Gasteiger partial charge on any atom is -0.354 e. The van der Waals surface area contributed by atoms with E-state index in [-0.39, 0.29) is 11.7 Å². The van der Waals surface area contributed by atoms with E-state index in [4.69, 9.17) is 4.98 Å². The molecular weight excluding hydrogens is 371 g/mol. The quantitative estimate of drug-likeness (QED) is 0.784. The van der Waals surface area contributed by atoms with Crippen LogP contribution in [0.2, 0.25) is 0 Å². The van der Waals surface area contributed by atoms with Crippen LogP contribution in [0.4, 0.5) is 16.2 Å². The molecule has 8 heteroatoms. The van der Waals surface area contributed by atoms with Crippen molar-refractivity contribution in [1.29, 1.82) is 0 Å². The van der Waals surface area contributed by atoms with Crippen molar-refractivity contribution in [2.45, 2.75) is 6.92 Å². The first kappa shape index (κ1) is 19.6. The molecule has 0 atom stereocenters. The number of piperazine rings is 2. The number of carbonyl (C=O) groups is 1. The van der Waals surface area contributed by atoms with Crippen molar-refractivity contribution in [2.24, 2.45) is 0 Å². The van der Waals surface area contributed by atoms with E-state index in [1.165, 1.54) is 24.3 Å². The van der Waals surface area contributed by atoms with Gasteiger partial charge in [0.2, 0.25) is 5.95 Å². The van der Waals surface area contributed by atoms with Gasteiger partial charge >= 0.3 is 0 Å². The molecule has 1 aromatic heterocycles. The number of likely N-dealkylation sites (N-methyl/N-ethyl adjacent to an activating group) is 1. The Balaban J connectivity index is 1.41. The highest BCUT2D eigenvalue weighted by molar-refractivity contribution is 5.94. The highest BCUT2D eigenvalue weighted by Gasteiger charge is 2.25. The van der Waals surface area contributed by atoms with Gasteiger partial charge in [0.05, 0.1) is 0 Å². The van der Waals surface area contributed by atoms with Gasteiger partial charge in [-0.15, -0.1) is 0 Å². The number of rotatable bonds is 3. The predicted octanol–water partition coefficient (Wildman–Crippen LogP) is 1.64. The third-order valence-electron chi connectivity index (χ3n) is 5.60. The third kappa shape index (κ3) is 4.48. The van der Waals surface area contributed by atoms with Gasteiger partial charge in [0.15, 0.2) is 0 Å². The third-order valence-corrected chi connectivity index (χ3v) is 5.60. The van der Waals surface area contributed by atoms with E-state index in [2.05, 4.69) is 26.7 Å². The number of benzene rings is 1. The molecule has 1 amide bonds. The molecule has 0 saturated carbocycles. The lowest BCUT2D eigenvalue weighted by Gasteiger charge is -2.36. The first-order valence-corrected chi connectivity index (χ1v) is 10.1. The fourth-order valence-electron chi connectivity index (χ4n) is 3.76. The van der Waals surface area contributed by atoms with Gasteiger partial charge in [0.25, 0.3) is 5.91 Å². The molecule has 4 rings (SSSR count). The molecular formula is C21H27FN6O. The normalized spacial score (nSPS) is 18.2. The number of hydrogen-bond acceptors (Lipinski definition) is 6. The first-order valence-electron chi connectivity index (χ1n) is 10.1. The number of aromatic nitrogens is 2. The molecule has 29 heavy (non-hydrogen) atoms. The van der Waals surface area contributed by atoms with E-state index in [1.807, 2.05) is 13.0 Å². The second kappa shape index (κ2) is 8.32. The van der Waals surface area contributed by atoms with E-state index >= 15 is 0 Å². The van der Waals surface area contributed by atoms with Crippen molar-refractivity contribution in [3.8, 4) is 0 Å². The number of nitrogens with zero attached hydrogens (tertiary/aromatic N) is 6. The van der Waals surface area contributed by atoms with Gasteiger partial charge in [-0.05, 0) is 38.2 Å². The molecule has 7 nitrogen and oxygen atoms in total. The Morgan fingerprint density at radius 1 is 0.897 bits per heavy atom. The van der Waals surface area contributed by atoms with Gasteiger partial charge in [0, 0.05) is 69.7 Å². The van der Waals surface area contributed by atoms with Gasteiger partial charge < -0.3 is 19.6 Å². The predicted molar refractivity (Wildman–Crippen MR) is 111 cm³/mol. The minimum atomic E-state index is -0.334. The Morgan fingerprint density at radius 3 is 2.17 bits per heavy atom. The monoisotopic (exact) mass is 398 g/mol. The summed E-state index contributed by atoms with van der Waals surface area (Å²) in [6.45, 7) is 8.54. The maximum Gasteiger partial charge on any atom is 0.253 e. The Bertz CT molecular complexity index is 858. The Labute approximate surface area is 170 Å². The van der Waals surface area contributed by atoms with Crippen molar-refractivity contribution in [3.63, 3.8) is 0 Å². The van der Waals surface area contributed by atoms with Crippen LogP contribution in [0.25, 0.3) is 0 Å². The van der Waals surface area contributed by atoms with Crippen LogP contribution in [-0.4, -0.2) is 85.1 Å². The molecule has 2 aliphatic rings. The lowest BCUT2D eigenvalue weighted by atomic mass is 10.2. The van der Waals surface area contributed by atoms with Crippen molar-refractivity contribution in [3.05, 3.63) is 47.4 Å². The highest BCUT2D eigenvalue weighted by atomic mass is 19.1. The van der Waals surface area contributed by atoms with Gasteiger partial charge in [0.1, 0.15) is 11.6 Å². The van der Waals surface area contributed by atoms with Crippen molar-refractivity contribution >= 4 is 17.7 Å². The van der Waals surface area contributed by atoms with E-state index in [0.717, 1.165) is 43.6 Å². The number of aryl methyl sites for hydroxylation is 1. The number of amides is 1. The van der Waals surface area contributed by atoms with Crippen molar-refractivity contribution in [2.75, 3.05) is 69.2 Å². The zero-order chi connectivity index (χ0) is 20.4. The zero-order valence-electron chi connectivity index (χ0n) is 17.0. The summed E-state index contributed by atoms with van der Waals surface area (Å²) in [6.07, 6.45) is 0. The summed E-state index contributed by atoms with van der Waals surface area (Å²) < 4.78 is 13.1. The van der Waals surface area contributed by atoms with Crippen LogP contribution in [-0.2, 0) is 0 Å². The summed E-state index contributed by atoms with van der Waals surface area (Å²) in [5, 5.41) is 0. The molecule has 2 aliphatic heterocycles. The van der Waals surface area contributed by atoms with Gasteiger partial charge in [-0.2, -0.15) is 4.98 Å². The summed E-state index contributed by atoms with van der Waals surface area (Å²) in [4.78, 5) is 30.7.